The molecule has 2 aromatic rings. The smallest absolute Gasteiger partial charge is 0.261 e. The Kier molecular flexibility index (Phi) is 4.02. The molecule has 0 fully saturated rings. The van der Waals surface area contributed by atoms with Crippen molar-refractivity contribution in [2.45, 2.75) is 24.9 Å². The lowest BCUT2D eigenvalue weighted by Gasteiger charge is -2.33. The average Bonchev–Trinajstić information content (AvgIpc) is 2.91. The van der Waals surface area contributed by atoms with Crippen molar-refractivity contribution in [3.8, 4) is 0 Å². The number of carbonyl (C=O) groups excluding carboxylic acids is 1. The Balaban J connectivity index is 1.64. The van der Waals surface area contributed by atoms with Crippen LogP contribution in [0.1, 0.15) is 27.2 Å². The number of carbonyl (C=O) groups is 1. The first-order valence-corrected chi connectivity index (χ1v) is 8.08. The van der Waals surface area contributed by atoms with E-state index in [0.717, 1.165) is 6.42 Å². The molecule has 1 heterocycles. The van der Waals surface area contributed by atoms with Crippen LogP contribution in [0.4, 0.5) is 0 Å². The summed E-state index contributed by atoms with van der Waals surface area (Å²) in [5, 5.41) is 13.5. The van der Waals surface area contributed by atoms with Crippen molar-refractivity contribution in [1.29, 1.82) is 0 Å². The van der Waals surface area contributed by atoms with Gasteiger partial charge in [-0.25, -0.2) is 0 Å². The predicted octanol–water partition coefficient (Wildman–Crippen LogP) is 3.05. The average molecular weight is 322 g/mol. The first-order valence-electron chi connectivity index (χ1n) is 6.88. The third kappa shape index (κ3) is 3.28. The molecular formula is C16H16ClNO2S. The summed E-state index contributed by atoms with van der Waals surface area (Å²) in [6.07, 6.45) is 2.08. The van der Waals surface area contributed by atoms with Gasteiger partial charge in [-0.3, -0.25) is 4.79 Å². The molecule has 3 rings (SSSR count). The van der Waals surface area contributed by atoms with Crippen LogP contribution < -0.4 is 5.32 Å². The normalized spacial score (nSPS) is 20.9. The molecule has 110 valence electrons. The lowest BCUT2D eigenvalue weighted by atomic mass is 9.80. The van der Waals surface area contributed by atoms with E-state index in [1.54, 1.807) is 12.1 Å². The van der Waals surface area contributed by atoms with Gasteiger partial charge >= 0.3 is 0 Å². The second-order valence-corrected chi connectivity index (χ2v) is 7.17. The van der Waals surface area contributed by atoms with Gasteiger partial charge in [0, 0.05) is 13.0 Å². The highest BCUT2D eigenvalue weighted by Crippen LogP contribution is 2.28. The van der Waals surface area contributed by atoms with E-state index in [1.165, 1.54) is 22.5 Å². The summed E-state index contributed by atoms with van der Waals surface area (Å²) in [5.74, 6) is -0.181. The zero-order valence-electron chi connectivity index (χ0n) is 11.4. The van der Waals surface area contributed by atoms with E-state index < -0.39 is 5.60 Å². The van der Waals surface area contributed by atoms with Crippen LogP contribution in [-0.4, -0.2) is 23.2 Å². The second-order valence-electron chi connectivity index (χ2n) is 5.46. The first kappa shape index (κ1) is 14.6. The van der Waals surface area contributed by atoms with Gasteiger partial charge < -0.3 is 10.4 Å². The maximum atomic E-state index is 12.0. The molecule has 2 N–H and O–H groups in total. The van der Waals surface area contributed by atoms with Gasteiger partial charge in [0.05, 0.1) is 14.8 Å². The summed E-state index contributed by atoms with van der Waals surface area (Å²) in [4.78, 5) is 12.6. The zero-order chi connectivity index (χ0) is 14.9. The molecule has 0 aliphatic heterocycles. The Labute approximate surface area is 132 Å². The highest BCUT2D eigenvalue weighted by atomic mass is 35.5. The number of aryl methyl sites for hydroxylation is 1. The van der Waals surface area contributed by atoms with Gasteiger partial charge in [-0.15, -0.1) is 11.3 Å². The van der Waals surface area contributed by atoms with E-state index >= 15 is 0 Å². The molecule has 1 unspecified atom stereocenters. The highest BCUT2D eigenvalue weighted by Gasteiger charge is 2.32. The molecule has 1 aliphatic rings. The number of benzene rings is 1. The molecule has 1 amide bonds. The van der Waals surface area contributed by atoms with E-state index in [9.17, 15) is 9.90 Å². The molecule has 1 aromatic carbocycles. The quantitative estimate of drug-likeness (QED) is 0.913. The van der Waals surface area contributed by atoms with Crippen LogP contribution in [0.3, 0.4) is 0 Å². The van der Waals surface area contributed by atoms with Crippen molar-refractivity contribution in [1.82, 2.24) is 5.32 Å². The van der Waals surface area contributed by atoms with Gasteiger partial charge in [0.1, 0.15) is 0 Å². The summed E-state index contributed by atoms with van der Waals surface area (Å²) in [6, 6.07) is 11.5. The molecule has 21 heavy (non-hydrogen) atoms. The number of halogens is 1. The van der Waals surface area contributed by atoms with Gasteiger partial charge in [-0.2, -0.15) is 0 Å². The van der Waals surface area contributed by atoms with Crippen molar-refractivity contribution in [2.24, 2.45) is 0 Å². The number of hydrogen-bond donors (Lipinski definition) is 2. The minimum atomic E-state index is -0.870. The second kappa shape index (κ2) is 5.79. The van der Waals surface area contributed by atoms with E-state index in [-0.39, 0.29) is 12.5 Å². The molecule has 0 bridgehead atoms. The third-order valence-corrected chi connectivity index (χ3v) is 5.10. The fourth-order valence-corrected chi connectivity index (χ4v) is 3.66. The number of aliphatic hydroxyl groups is 1. The van der Waals surface area contributed by atoms with Crippen LogP contribution in [0, 0.1) is 0 Å². The highest BCUT2D eigenvalue weighted by molar-refractivity contribution is 7.17. The molecular weight excluding hydrogens is 306 g/mol. The first-order chi connectivity index (χ1) is 10.1. The van der Waals surface area contributed by atoms with Crippen molar-refractivity contribution >= 4 is 28.8 Å². The molecule has 0 radical (unpaired) electrons. The maximum Gasteiger partial charge on any atom is 0.261 e. The van der Waals surface area contributed by atoms with E-state index in [4.69, 9.17) is 11.6 Å². The number of fused-ring (bicyclic) bond motifs is 1. The molecule has 1 aromatic heterocycles. The molecule has 3 nitrogen and oxygen atoms in total. The third-order valence-electron chi connectivity index (χ3n) is 3.87. The van der Waals surface area contributed by atoms with Crippen LogP contribution in [-0.2, 0) is 12.8 Å². The minimum absolute atomic E-state index is 0.181. The fourth-order valence-electron chi connectivity index (χ4n) is 2.70. The van der Waals surface area contributed by atoms with Gasteiger partial charge in [-0.1, -0.05) is 35.9 Å². The largest absolute Gasteiger partial charge is 0.388 e. The fraction of sp³-hybridized carbons (Fsp3) is 0.312. The van der Waals surface area contributed by atoms with Crippen molar-refractivity contribution in [2.75, 3.05) is 6.54 Å². The molecule has 1 atom stereocenters. The lowest BCUT2D eigenvalue weighted by Crippen LogP contribution is -2.46. The van der Waals surface area contributed by atoms with Crippen LogP contribution in [0.25, 0.3) is 0 Å². The van der Waals surface area contributed by atoms with Gasteiger partial charge in [0.2, 0.25) is 0 Å². The Morgan fingerprint density at radius 1 is 1.29 bits per heavy atom. The monoisotopic (exact) mass is 321 g/mol. The molecule has 1 aliphatic carbocycles. The van der Waals surface area contributed by atoms with Crippen LogP contribution >= 0.6 is 22.9 Å². The number of thiophene rings is 1. The molecule has 0 spiro atoms. The van der Waals surface area contributed by atoms with E-state index in [0.29, 0.717) is 22.1 Å². The maximum absolute atomic E-state index is 12.0. The van der Waals surface area contributed by atoms with Crippen LogP contribution in [0.15, 0.2) is 36.4 Å². The molecule has 0 saturated carbocycles. The Morgan fingerprint density at radius 3 is 2.76 bits per heavy atom. The van der Waals surface area contributed by atoms with Gasteiger partial charge in [-0.05, 0) is 36.1 Å². The van der Waals surface area contributed by atoms with Crippen molar-refractivity contribution in [3.05, 3.63) is 56.7 Å². The summed E-state index contributed by atoms with van der Waals surface area (Å²) in [5.41, 5.74) is 1.59. The van der Waals surface area contributed by atoms with Crippen LogP contribution in [0.5, 0.6) is 0 Å². The number of nitrogens with one attached hydrogen (secondary N) is 1. The Bertz CT molecular complexity index is 670. The van der Waals surface area contributed by atoms with E-state index in [1.807, 2.05) is 18.2 Å². The molecule has 5 heteroatoms. The summed E-state index contributed by atoms with van der Waals surface area (Å²) >= 11 is 7.07. The molecule has 0 saturated heterocycles. The Hall–Kier alpha value is -1.36. The van der Waals surface area contributed by atoms with Crippen LogP contribution in [0.2, 0.25) is 4.34 Å². The Morgan fingerprint density at radius 2 is 2.05 bits per heavy atom. The summed E-state index contributed by atoms with van der Waals surface area (Å²) in [7, 11) is 0. The predicted molar refractivity (Wildman–Crippen MR) is 85.1 cm³/mol. The van der Waals surface area contributed by atoms with Crippen molar-refractivity contribution < 1.29 is 9.90 Å². The minimum Gasteiger partial charge on any atom is -0.388 e. The zero-order valence-corrected chi connectivity index (χ0v) is 13.0. The van der Waals surface area contributed by atoms with Gasteiger partial charge in [0.25, 0.3) is 5.91 Å². The lowest BCUT2D eigenvalue weighted by molar-refractivity contribution is 0.0260. The van der Waals surface area contributed by atoms with Gasteiger partial charge in [0.15, 0.2) is 0 Å². The van der Waals surface area contributed by atoms with Crippen molar-refractivity contribution in [3.63, 3.8) is 0 Å². The van der Waals surface area contributed by atoms with E-state index in [2.05, 4.69) is 11.4 Å². The summed E-state index contributed by atoms with van der Waals surface area (Å²) < 4.78 is 0.588. The standard InChI is InChI=1S/C16H16ClNO2S/c17-14-6-5-13(21-14)15(19)18-10-16(20)8-7-11-3-1-2-4-12(11)9-16/h1-6,20H,7-10H2,(H,18,19). The SMILES string of the molecule is O=C(NCC1(O)CCc2ccccc2C1)c1ccc(Cl)s1. The number of amides is 1. The topological polar surface area (TPSA) is 49.3 Å². The number of rotatable bonds is 3. The number of hydrogen-bond acceptors (Lipinski definition) is 3. The summed E-state index contributed by atoms with van der Waals surface area (Å²) in [6.45, 7) is 0.260.